The molecule has 1 saturated heterocycles. The van der Waals surface area contributed by atoms with Gasteiger partial charge in [-0.15, -0.1) is 0 Å². The van der Waals surface area contributed by atoms with Gasteiger partial charge in [0.05, 0.1) is 6.07 Å². The van der Waals surface area contributed by atoms with Crippen LogP contribution in [0.5, 0.6) is 0 Å². The number of nitrogens with zero attached hydrogens (tertiary/aromatic N) is 2. The first-order valence-corrected chi connectivity index (χ1v) is 6.16. The van der Waals surface area contributed by atoms with Gasteiger partial charge < -0.3 is 0 Å². The second kappa shape index (κ2) is 5.51. The Balaban J connectivity index is 2.64. The van der Waals surface area contributed by atoms with Crippen LogP contribution in [-0.2, 0) is 0 Å². The molecule has 1 atom stereocenters. The van der Waals surface area contributed by atoms with Crippen LogP contribution in [0.25, 0.3) is 0 Å². The zero-order chi connectivity index (χ0) is 11.3. The third-order valence-electron chi connectivity index (χ3n) is 3.37. The molecule has 0 N–H and O–H groups in total. The molecular weight excluding hydrogens is 184 g/mol. The van der Waals surface area contributed by atoms with Crippen molar-refractivity contribution < 1.29 is 0 Å². The van der Waals surface area contributed by atoms with Crippen LogP contribution in [-0.4, -0.2) is 24.0 Å². The molecule has 0 saturated carbocycles. The number of nitriles is 1. The second-order valence-electron chi connectivity index (χ2n) is 5.68. The number of rotatable bonds is 2. The maximum Gasteiger partial charge on any atom is 0.0635 e. The maximum atomic E-state index is 8.68. The van der Waals surface area contributed by atoms with Gasteiger partial charge in [0.25, 0.3) is 0 Å². The normalized spacial score (nSPS) is 24.5. The largest absolute Gasteiger partial charge is 0.299 e. The van der Waals surface area contributed by atoms with Gasteiger partial charge in [0.2, 0.25) is 0 Å². The predicted octanol–water partition coefficient (Wildman–Crippen LogP) is 3.19. The SMILES string of the molecule is CC(C)(C)C1CCCCCN1CCC#N. The Labute approximate surface area is 94.3 Å². The van der Waals surface area contributed by atoms with Crippen molar-refractivity contribution in [2.45, 2.75) is 58.9 Å². The lowest BCUT2D eigenvalue weighted by molar-refractivity contribution is 0.103. The molecule has 0 bridgehead atoms. The van der Waals surface area contributed by atoms with Crippen LogP contribution in [0.3, 0.4) is 0 Å². The molecule has 0 aromatic heterocycles. The molecule has 0 aromatic rings. The fourth-order valence-electron chi connectivity index (χ4n) is 2.61. The Morgan fingerprint density at radius 2 is 2.00 bits per heavy atom. The summed E-state index contributed by atoms with van der Waals surface area (Å²) in [5.41, 5.74) is 0.347. The molecule has 15 heavy (non-hydrogen) atoms. The summed E-state index contributed by atoms with van der Waals surface area (Å²) >= 11 is 0. The highest BCUT2D eigenvalue weighted by Gasteiger charge is 2.30. The summed E-state index contributed by atoms with van der Waals surface area (Å²) < 4.78 is 0. The first-order valence-electron chi connectivity index (χ1n) is 6.16. The molecule has 1 fully saturated rings. The Bertz CT molecular complexity index is 222. The van der Waals surface area contributed by atoms with Crippen molar-refractivity contribution in [2.75, 3.05) is 13.1 Å². The summed E-state index contributed by atoms with van der Waals surface area (Å²) in [5.74, 6) is 0. The van der Waals surface area contributed by atoms with Gasteiger partial charge in [0, 0.05) is 19.0 Å². The highest BCUT2D eigenvalue weighted by atomic mass is 15.2. The first-order chi connectivity index (χ1) is 7.05. The predicted molar refractivity (Wildman–Crippen MR) is 63.5 cm³/mol. The van der Waals surface area contributed by atoms with Gasteiger partial charge in [-0.3, -0.25) is 4.90 Å². The van der Waals surface area contributed by atoms with E-state index in [9.17, 15) is 0 Å². The number of hydrogen-bond donors (Lipinski definition) is 0. The van der Waals surface area contributed by atoms with Gasteiger partial charge in [0.1, 0.15) is 0 Å². The fraction of sp³-hybridized carbons (Fsp3) is 0.923. The molecule has 1 heterocycles. The Kier molecular flexibility index (Phi) is 4.60. The van der Waals surface area contributed by atoms with Crippen LogP contribution in [0.4, 0.5) is 0 Å². The molecule has 1 unspecified atom stereocenters. The lowest BCUT2D eigenvalue weighted by Gasteiger charge is -2.39. The van der Waals surface area contributed by atoms with Crippen LogP contribution >= 0.6 is 0 Å². The van der Waals surface area contributed by atoms with E-state index in [1.807, 2.05) is 0 Å². The van der Waals surface area contributed by atoms with Gasteiger partial charge in [-0.2, -0.15) is 5.26 Å². The summed E-state index contributed by atoms with van der Waals surface area (Å²) in [6.07, 6.45) is 5.99. The van der Waals surface area contributed by atoms with Crippen LogP contribution in [0, 0.1) is 16.7 Å². The van der Waals surface area contributed by atoms with Gasteiger partial charge in [-0.1, -0.05) is 33.6 Å². The van der Waals surface area contributed by atoms with Gasteiger partial charge >= 0.3 is 0 Å². The van der Waals surface area contributed by atoms with Gasteiger partial charge in [-0.25, -0.2) is 0 Å². The Morgan fingerprint density at radius 3 is 2.60 bits per heavy atom. The van der Waals surface area contributed by atoms with Crippen LogP contribution in [0.2, 0.25) is 0 Å². The standard InChI is InChI=1S/C13H24N2/c1-13(2,3)12-8-5-4-6-10-15(12)11-7-9-14/h12H,4-8,10-11H2,1-3H3. The summed E-state index contributed by atoms with van der Waals surface area (Å²) in [4.78, 5) is 2.54. The molecule has 0 spiro atoms. The maximum absolute atomic E-state index is 8.68. The van der Waals surface area contributed by atoms with E-state index in [1.54, 1.807) is 0 Å². The molecule has 0 amide bonds. The third kappa shape index (κ3) is 3.83. The number of likely N-dealkylation sites (tertiary alicyclic amines) is 1. The quantitative estimate of drug-likeness (QED) is 0.697. The summed E-state index contributed by atoms with van der Waals surface area (Å²) in [6.45, 7) is 9.11. The van der Waals surface area contributed by atoms with Crippen molar-refractivity contribution in [3.8, 4) is 6.07 Å². The molecular formula is C13H24N2. The zero-order valence-corrected chi connectivity index (χ0v) is 10.4. The van der Waals surface area contributed by atoms with E-state index in [0.717, 1.165) is 6.54 Å². The molecule has 2 heteroatoms. The van der Waals surface area contributed by atoms with Crippen molar-refractivity contribution in [1.29, 1.82) is 5.26 Å². The minimum Gasteiger partial charge on any atom is -0.299 e. The average Bonchev–Trinajstić information content (AvgIpc) is 2.38. The van der Waals surface area contributed by atoms with Crippen molar-refractivity contribution in [3.63, 3.8) is 0 Å². The van der Waals surface area contributed by atoms with Gasteiger partial charge in [0.15, 0.2) is 0 Å². The van der Waals surface area contributed by atoms with E-state index in [4.69, 9.17) is 5.26 Å². The van der Waals surface area contributed by atoms with E-state index >= 15 is 0 Å². The third-order valence-corrected chi connectivity index (χ3v) is 3.37. The molecule has 0 aliphatic carbocycles. The molecule has 2 nitrogen and oxygen atoms in total. The molecule has 1 rings (SSSR count). The highest BCUT2D eigenvalue weighted by Crippen LogP contribution is 2.31. The summed E-state index contributed by atoms with van der Waals surface area (Å²) in [7, 11) is 0. The molecule has 86 valence electrons. The topological polar surface area (TPSA) is 27.0 Å². The average molecular weight is 208 g/mol. The molecule has 0 aromatic carbocycles. The van der Waals surface area contributed by atoms with E-state index in [2.05, 4.69) is 31.7 Å². The Morgan fingerprint density at radius 1 is 1.27 bits per heavy atom. The van der Waals surface area contributed by atoms with E-state index in [1.165, 1.54) is 32.2 Å². The van der Waals surface area contributed by atoms with Crippen molar-refractivity contribution in [2.24, 2.45) is 5.41 Å². The zero-order valence-electron chi connectivity index (χ0n) is 10.4. The highest BCUT2D eigenvalue weighted by molar-refractivity contribution is 4.86. The van der Waals surface area contributed by atoms with Crippen molar-refractivity contribution in [1.82, 2.24) is 4.90 Å². The Hall–Kier alpha value is -0.550. The van der Waals surface area contributed by atoms with E-state index < -0.39 is 0 Å². The van der Waals surface area contributed by atoms with E-state index in [0.29, 0.717) is 17.9 Å². The van der Waals surface area contributed by atoms with Gasteiger partial charge in [-0.05, 0) is 24.8 Å². The molecule has 0 radical (unpaired) electrons. The smallest absolute Gasteiger partial charge is 0.0635 e. The lowest BCUT2D eigenvalue weighted by atomic mass is 9.83. The van der Waals surface area contributed by atoms with Crippen molar-refractivity contribution in [3.05, 3.63) is 0 Å². The second-order valence-corrected chi connectivity index (χ2v) is 5.68. The number of hydrogen-bond acceptors (Lipinski definition) is 2. The van der Waals surface area contributed by atoms with Crippen LogP contribution in [0.1, 0.15) is 52.9 Å². The lowest BCUT2D eigenvalue weighted by Crippen LogP contribution is -2.44. The minimum atomic E-state index is 0.347. The minimum absolute atomic E-state index is 0.347. The van der Waals surface area contributed by atoms with Crippen LogP contribution < -0.4 is 0 Å². The van der Waals surface area contributed by atoms with Crippen molar-refractivity contribution >= 4 is 0 Å². The fourth-order valence-corrected chi connectivity index (χ4v) is 2.61. The monoisotopic (exact) mass is 208 g/mol. The van der Waals surface area contributed by atoms with E-state index in [-0.39, 0.29) is 0 Å². The summed E-state index contributed by atoms with van der Waals surface area (Å²) in [6, 6.07) is 2.93. The summed E-state index contributed by atoms with van der Waals surface area (Å²) in [5, 5.41) is 8.68. The molecule has 1 aliphatic heterocycles. The molecule has 1 aliphatic rings. The first kappa shape index (κ1) is 12.5. The van der Waals surface area contributed by atoms with Crippen LogP contribution in [0.15, 0.2) is 0 Å².